The lowest BCUT2D eigenvalue weighted by atomic mass is 10.2. The minimum Gasteiger partial charge on any atom is -0.338 e. The molecule has 0 spiro atoms. The summed E-state index contributed by atoms with van der Waals surface area (Å²) in [5, 5.41) is 0. The Morgan fingerprint density at radius 3 is 1.38 bits per heavy atom. The Morgan fingerprint density at radius 1 is 0.706 bits per heavy atom. The van der Waals surface area contributed by atoms with E-state index in [0.717, 1.165) is 35.1 Å². The summed E-state index contributed by atoms with van der Waals surface area (Å²) >= 11 is 7.19. The number of nitrogens with zero attached hydrogens (tertiary/aromatic N) is 4. The molecule has 0 aliphatic carbocycles. The van der Waals surface area contributed by atoms with Gasteiger partial charge in [0.25, 0.3) is 0 Å². The van der Waals surface area contributed by atoms with E-state index in [1.165, 1.54) is 11.1 Å². The number of likely N-dealkylation sites (N-methyl/N-ethyl adjacent to an activating group) is 2. The first-order valence-corrected chi connectivity index (χ1v) is 13.5. The summed E-state index contributed by atoms with van der Waals surface area (Å²) in [5.41, 5.74) is 2.35. The number of carbonyl (C=O) groups is 2. The molecule has 0 radical (unpaired) electrons. The molecule has 1 heterocycles. The smallest absolute Gasteiger partial charge is 0.236 e. The van der Waals surface area contributed by atoms with Gasteiger partial charge >= 0.3 is 0 Å². The Kier molecular flexibility index (Phi) is 10.6. The summed E-state index contributed by atoms with van der Waals surface area (Å²) in [7, 11) is 0. The fourth-order valence-corrected chi connectivity index (χ4v) is 4.90. The second-order valence-electron chi connectivity index (χ2n) is 8.55. The number of amides is 2. The number of rotatable bonds is 10. The number of benzene rings is 2. The van der Waals surface area contributed by atoms with Crippen molar-refractivity contribution in [1.82, 2.24) is 19.6 Å². The van der Waals surface area contributed by atoms with Gasteiger partial charge in [0.05, 0.1) is 13.1 Å². The van der Waals surface area contributed by atoms with Crippen LogP contribution in [0.4, 0.5) is 0 Å². The second kappa shape index (κ2) is 13.4. The van der Waals surface area contributed by atoms with Gasteiger partial charge in [-0.15, -0.1) is 0 Å². The molecule has 2 aromatic carbocycles. The lowest BCUT2D eigenvalue weighted by Crippen LogP contribution is -2.54. The maximum absolute atomic E-state index is 12.9. The third kappa shape index (κ3) is 7.63. The van der Waals surface area contributed by atoms with Crippen LogP contribution in [0.5, 0.6) is 0 Å². The Morgan fingerprint density at radius 2 is 1.06 bits per heavy atom. The number of hydrogen-bond acceptors (Lipinski definition) is 4. The van der Waals surface area contributed by atoms with Crippen LogP contribution in [0.15, 0.2) is 57.5 Å². The summed E-state index contributed by atoms with van der Waals surface area (Å²) < 4.78 is 2.13. The van der Waals surface area contributed by atoms with Crippen LogP contribution in [0.1, 0.15) is 25.0 Å². The Labute approximate surface area is 220 Å². The predicted molar refractivity (Wildman–Crippen MR) is 143 cm³/mol. The number of piperazine rings is 1. The van der Waals surface area contributed by atoms with Crippen molar-refractivity contribution in [2.45, 2.75) is 26.9 Å². The first-order valence-electron chi connectivity index (χ1n) is 11.9. The third-order valence-electron chi connectivity index (χ3n) is 6.30. The van der Waals surface area contributed by atoms with Crippen molar-refractivity contribution in [3.63, 3.8) is 0 Å². The Hall–Kier alpha value is -1.74. The van der Waals surface area contributed by atoms with E-state index >= 15 is 0 Å². The van der Waals surface area contributed by atoms with Gasteiger partial charge in [0, 0.05) is 48.2 Å². The van der Waals surface area contributed by atoms with Crippen LogP contribution in [0.2, 0.25) is 0 Å². The van der Waals surface area contributed by atoms with Crippen LogP contribution < -0.4 is 0 Å². The predicted octanol–water partition coefficient (Wildman–Crippen LogP) is 4.23. The highest BCUT2D eigenvalue weighted by Crippen LogP contribution is 2.19. The largest absolute Gasteiger partial charge is 0.338 e. The summed E-state index contributed by atoms with van der Waals surface area (Å²) in [6.07, 6.45) is 0. The van der Waals surface area contributed by atoms with E-state index in [1.54, 1.807) is 0 Å². The first kappa shape index (κ1) is 26.9. The van der Waals surface area contributed by atoms with E-state index in [2.05, 4.69) is 67.6 Å². The minimum atomic E-state index is 0.130. The van der Waals surface area contributed by atoms with Crippen LogP contribution in [-0.2, 0) is 22.7 Å². The lowest BCUT2D eigenvalue weighted by molar-refractivity contribution is -0.140. The molecule has 1 aliphatic heterocycles. The average Bonchev–Trinajstić information content (AvgIpc) is 2.85. The second-order valence-corrected chi connectivity index (χ2v) is 10.3. The molecule has 34 heavy (non-hydrogen) atoms. The van der Waals surface area contributed by atoms with E-state index in [1.807, 2.05) is 46.2 Å². The van der Waals surface area contributed by atoms with Crippen molar-refractivity contribution in [3.05, 3.63) is 68.6 Å². The van der Waals surface area contributed by atoms with Gasteiger partial charge in [-0.25, -0.2) is 0 Å². The molecule has 1 aliphatic rings. The van der Waals surface area contributed by atoms with Crippen LogP contribution in [0.25, 0.3) is 0 Å². The van der Waals surface area contributed by atoms with Gasteiger partial charge in [-0.1, -0.05) is 82.1 Å². The van der Waals surface area contributed by atoms with Crippen molar-refractivity contribution >= 4 is 43.7 Å². The number of carbonyl (C=O) groups excluding carboxylic acids is 2. The molecule has 2 aromatic rings. The molecule has 0 N–H and O–H groups in total. The van der Waals surface area contributed by atoms with Gasteiger partial charge in [0.15, 0.2) is 0 Å². The van der Waals surface area contributed by atoms with Crippen molar-refractivity contribution < 1.29 is 9.59 Å². The third-order valence-corrected chi connectivity index (χ3v) is 7.85. The highest BCUT2D eigenvalue weighted by atomic mass is 79.9. The summed E-state index contributed by atoms with van der Waals surface area (Å²) in [6.45, 7) is 10.4. The monoisotopic (exact) mass is 592 g/mol. The molecule has 3 rings (SSSR count). The fraction of sp³-hybridized carbons (Fsp3) is 0.462. The van der Waals surface area contributed by atoms with Crippen molar-refractivity contribution in [2.75, 3.05) is 52.4 Å². The summed E-state index contributed by atoms with van der Waals surface area (Å²) in [5.74, 6) is 0.259. The van der Waals surface area contributed by atoms with Crippen LogP contribution in [-0.4, -0.2) is 83.8 Å². The zero-order valence-electron chi connectivity index (χ0n) is 20.1. The molecule has 0 atom stereocenters. The van der Waals surface area contributed by atoms with Crippen molar-refractivity contribution in [1.29, 1.82) is 0 Å². The zero-order valence-corrected chi connectivity index (χ0v) is 23.2. The van der Waals surface area contributed by atoms with Crippen molar-refractivity contribution in [2.24, 2.45) is 0 Å². The Balaban J connectivity index is 1.47. The molecule has 8 heteroatoms. The molecule has 184 valence electrons. The molecule has 2 amide bonds. The SMILES string of the molecule is CCN(CC(=O)N1CCN(C(=O)CN(CC)Cc2ccccc2Br)CC1)Cc1ccccc1Br. The van der Waals surface area contributed by atoms with Gasteiger partial charge < -0.3 is 9.80 Å². The molecule has 0 unspecified atom stereocenters. The highest BCUT2D eigenvalue weighted by molar-refractivity contribution is 9.10. The molecule has 1 fully saturated rings. The van der Waals surface area contributed by atoms with E-state index in [-0.39, 0.29) is 11.8 Å². The summed E-state index contributed by atoms with van der Waals surface area (Å²) in [6, 6.07) is 16.2. The molecule has 1 saturated heterocycles. The standard InChI is InChI=1S/C26H34Br2N4O2/c1-3-29(17-21-9-5-7-11-23(21)27)19-25(33)31-13-15-32(16-14-31)26(34)20-30(4-2)18-22-10-6-8-12-24(22)28/h5-12H,3-4,13-20H2,1-2H3. The topological polar surface area (TPSA) is 47.1 Å². The number of hydrogen-bond donors (Lipinski definition) is 0. The first-order chi connectivity index (χ1) is 16.4. The molecule has 0 aromatic heterocycles. The quantitative estimate of drug-likeness (QED) is 0.414. The molecular weight excluding hydrogens is 560 g/mol. The van der Waals surface area contributed by atoms with E-state index in [9.17, 15) is 9.59 Å². The number of halogens is 2. The average molecular weight is 594 g/mol. The van der Waals surface area contributed by atoms with Crippen molar-refractivity contribution in [3.8, 4) is 0 Å². The van der Waals surface area contributed by atoms with E-state index in [4.69, 9.17) is 0 Å². The normalized spacial score (nSPS) is 14.2. The molecule has 6 nitrogen and oxygen atoms in total. The summed E-state index contributed by atoms with van der Waals surface area (Å²) in [4.78, 5) is 34.0. The van der Waals surface area contributed by atoms with Crippen LogP contribution in [0.3, 0.4) is 0 Å². The van der Waals surface area contributed by atoms with Gasteiger partial charge in [0.1, 0.15) is 0 Å². The Bertz CT molecular complexity index is 886. The van der Waals surface area contributed by atoms with Gasteiger partial charge in [-0.05, 0) is 36.3 Å². The lowest BCUT2D eigenvalue weighted by Gasteiger charge is -2.36. The zero-order chi connectivity index (χ0) is 24.5. The molecule has 0 saturated carbocycles. The molecular formula is C26H34Br2N4O2. The van der Waals surface area contributed by atoms with Crippen LogP contribution in [0, 0.1) is 0 Å². The maximum atomic E-state index is 12.9. The van der Waals surface area contributed by atoms with E-state index in [0.29, 0.717) is 39.3 Å². The maximum Gasteiger partial charge on any atom is 0.236 e. The minimum absolute atomic E-state index is 0.130. The van der Waals surface area contributed by atoms with Gasteiger partial charge in [0.2, 0.25) is 11.8 Å². The highest BCUT2D eigenvalue weighted by Gasteiger charge is 2.26. The molecule has 0 bridgehead atoms. The van der Waals surface area contributed by atoms with Gasteiger partial charge in [-0.2, -0.15) is 0 Å². The fourth-order valence-electron chi connectivity index (χ4n) is 4.08. The van der Waals surface area contributed by atoms with E-state index < -0.39 is 0 Å². The van der Waals surface area contributed by atoms with Crippen LogP contribution >= 0.6 is 31.9 Å². The van der Waals surface area contributed by atoms with Gasteiger partial charge in [-0.3, -0.25) is 19.4 Å².